The van der Waals surface area contributed by atoms with Crippen LogP contribution in [0.25, 0.3) is 11.0 Å². The van der Waals surface area contributed by atoms with E-state index in [0.29, 0.717) is 5.76 Å². The molecule has 0 aliphatic heterocycles. The third-order valence-corrected chi connectivity index (χ3v) is 3.26. The molecule has 1 amide bonds. The molecular weight excluding hydrogens is 258 g/mol. The van der Waals surface area contributed by atoms with Crippen LogP contribution in [0.5, 0.6) is 0 Å². The number of fused-ring (bicyclic) bond motifs is 1. The number of hydrogen-bond donors (Lipinski definition) is 1. The van der Waals surface area contributed by atoms with E-state index in [9.17, 15) is 4.79 Å². The van der Waals surface area contributed by atoms with Gasteiger partial charge < -0.3 is 9.73 Å². The number of rotatable bonds is 3. The van der Waals surface area contributed by atoms with Crippen molar-refractivity contribution in [2.45, 2.75) is 32.1 Å². The van der Waals surface area contributed by atoms with Crippen LogP contribution in [0.15, 0.2) is 28.7 Å². The number of hydrogen-bond acceptors (Lipinski definition) is 3. The molecular formula is C15H19NO2S. The van der Waals surface area contributed by atoms with Crippen molar-refractivity contribution >= 4 is 28.6 Å². The normalized spacial score (nSPS) is 11.8. The summed E-state index contributed by atoms with van der Waals surface area (Å²) >= 11 is 1.68. The average molecular weight is 277 g/mol. The maximum Gasteiger partial charge on any atom is 0.287 e. The van der Waals surface area contributed by atoms with Crippen molar-refractivity contribution in [3.63, 3.8) is 0 Å². The van der Waals surface area contributed by atoms with E-state index in [1.807, 2.05) is 51.3 Å². The number of carbonyl (C=O) groups excluding carboxylic acids is 1. The second kappa shape index (κ2) is 5.29. The molecule has 0 atom stereocenters. The molecule has 1 aromatic heterocycles. The van der Waals surface area contributed by atoms with Gasteiger partial charge in [0.1, 0.15) is 5.58 Å². The molecule has 1 aromatic carbocycles. The van der Waals surface area contributed by atoms with Gasteiger partial charge in [0.05, 0.1) is 0 Å². The fourth-order valence-electron chi connectivity index (χ4n) is 1.97. The van der Waals surface area contributed by atoms with Gasteiger partial charge in [-0.3, -0.25) is 4.79 Å². The molecule has 0 spiro atoms. The van der Waals surface area contributed by atoms with Crippen LogP contribution in [0.4, 0.5) is 0 Å². The van der Waals surface area contributed by atoms with Crippen LogP contribution < -0.4 is 5.32 Å². The van der Waals surface area contributed by atoms with Crippen LogP contribution in [0.3, 0.4) is 0 Å². The highest BCUT2D eigenvalue weighted by Crippen LogP contribution is 2.28. The minimum absolute atomic E-state index is 0.146. The van der Waals surface area contributed by atoms with E-state index in [0.717, 1.165) is 22.3 Å². The third kappa shape index (κ3) is 3.13. The number of furan rings is 1. The maximum atomic E-state index is 12.3. The van der Waals surface area contributed by atoms with E-state index >= 15 is 0 Å². The Hall–Kier alpha value is -1.42. The lowest BCUT2D eigenvalue weighted by Gasteiger charge is -2.19. The highest BCUT2D eigenvalue weighted by Gasteiger charge is 2.23. The fourth-order valence-corrected chi connectivity index (χ4v) is 2.54. The molecule has 0 aliphatic carbocycles. The highest BCUT2D eigenvalue weighted by atomic mass is 32.2. The zero-order valence-corrected chi connectivity index (χ0v) is 12.6. The molecule has 0 fully saturated rings. The van der Waals surface area contributed by atoms with Gasteiger partial charge in [-0.1, -0.05) is 18.2 Å². The minimum atomic E-state index is -0.271. The predicted octanol–water partition coefficient (Wildman–Crippen LogP) is 3.82. The smallest absolute Gasteiger partial charge is 0.287 e. The monoisotopic (exact) mass is 277 g/mol. The Bertz CT molecular complexity index is 596. The molecule has 0 aliphatic rings. The Morgan fingerprint density at radius 3 is 2.63 bits per heavy atom. The summed E-state index contributed by atoms with van der Waals surface area (Å²) in [5.41, 5.74) is 1.47. The van der Waals surface area contributed by atoms with Crippen LogP contribution in [0, 0.1) is 0 Å². The molecule has 19 heavy (non-hydrogen) atoms. The minimum Gasteiger partial charge on any atom is -0.451 e. The standard InChI is InChI=1S/C15H19NO2S/c1-15(2,3)16-14(17)13-11(9-19-4)10-7-5-6-8-12(10)18-13/h5-8H,9H2,1-4H3,(H,16,17). The van der Waals surface area contributed by atoms with Gasteiger partial charge in [-0.05, 0) is 33.1 Å². The second-order valence-electron chi connectivity index (χ2n) is 5.54. The first-order chi connectivity index (χ1) is 8.92. The maximum absolute atomic E-state index is 12.3. The average Bonchev–Trinajstić information content (AvgIpc) is 2.67. The molecule has 0 saturated carbocycles. The van der Waals surface area contributed by atoms with Gasteiger partial charge in [-0.2, -0.15) is 11.8 Å². The van der Waals surface area contributed by atoms with Crippen LogP contribution in [0.1, 0.15) is 36.9 Å². The van der Waals surface area contributed by atoms with Gasteiger partial charge in [-0.25, -0.2) is 0 Å². The lowest BCUT2D eigenvalue weighted by molar-refractivity contribution is 0.0892. The van der Waals surface area contributed by atoms with E-state index in [2.05, 4.69) is 5.32 Å². The Kier molecular flexibility index (Phi) is 3.90. The summed E-state index contributed by atoms with van der Waals surface area (Å²) in [6.07, 6.45) is 2.02. The first-order valence-corrected chi connectivity index (χ1v) is 7.63. The Balaban J connectivity index is 2.47. The summed E-state index contributed by atoms with van der Waals surface area (Å²) < 4.78 is 5.73. The topological polar surface area (TPSA) is 42.2 Å². The number of amides is 1. The number of benzene rings is 1. The van der Waals surface area contributed by atoms with Crippen molar-refractivity contribution in [2.24, 2.45) is 0 Å². The predicted molar refractivity (Wildman–Crippen MR) is 80.7 cm³/mol. The first-order valence-electron chi connectivity index (χ1n) is 6.24. The molecule has 4 heteroatoms. The molecule has 0 radical (unpaired) electrons. The van der Waals surface area contributed by atoms with Gasteiger partial charge in [0.15, 0.2) is 5.76 Å². The lowest BCUT2D eigenvalue weighted by Crippen LogP contribution is -2.40. The molecule has 0 bridgehead atoms. The largest absolute Gasteiger partial charge is 0.451 e. The van der Waals surface area contributed by atoms with Crippen LogP contribution in [-0.2, 0) is 5.75 Å². The molecule has 1 N–H and O–H groups in total. The number of nitrogens with one attached hydrogen (secondary N) is 1. The Labute approximate surface area is 117 Å². The second-order valence-corrected chi connectivity index (χ2v) is 6.41. The quantitative estimate of drug-likeness (QED) is 0.927. The number of thioether (sulfide) groups is 1. The molecule has 102 valence electrons. The summed E-state index contributed by atoms with van der Waals surface area (Å²) in [4.78, 5) is 12.3. The van der Waals surface area contributed by atoms with Crippen molar-refractivity contribution in [3.8, 4) is 0 Å². The molecule has 2 aromatic rings. The number of carbonyl (C=O) groups is 1. The third-order valence-electron chi connectivity index (χ3n) is 2.68. The summed E-state index contributed by atoms with van der Waals surface area (Å²) in [5, 5.41) is 3.98. The van der Waals surface area contributed by atoms with Crippen LogP contribution in [-0.4, -0.2) is 17.7 Å². The fraction of sp³-hybridized carbons (Fsp3) is 0.400. The summed E-state index contributed by atoms with van der Waals surface area (Å²) in [6, 6.07) is 7.78. The Morgan fingerprint density at radius 2 is 2.00 bits per heavy atom. The zero-order chi connectivity index (χ0) is 14.0. The lowest BCUT2D eigenvalue weighted by atomic mass is 10.1. The van der Waals surface area contributed by atoms with E-state index in [-0.39, 0.29) is 11.4 Å². The zero-order valence-electron chi connectivity index (χ0n) is 11.7. The van der Waals surface area contributed by atoms with Crippen molar-refractivity contribution in [3.05, 3.63) is 35.6 Å². The van der Waals surface area contributed by atoms with Gasteiger partial charge >= 0.3 is 0 Å². The molecule has 1 heterocycles. The Morgan fingerprint density at radius 1 is 1.32 bits per heavy atom. The van der Waals surface area contributed by atoms with Gasteiger partial charge in [0.25, 0.3) is 5.91 Å². The highest BCUT2D eigenvalue weighted by molar-refractivity contribution is 7.97. The van der Waals surface area contributed by atoms with Crippen molar-refractivity contribution in [1.29, 1.82) is 0 Å². The first kappa shape index (κ1) is 14.0. The van der Waals surface area contributed by atoms with E-state index in [1.165, 1.54) is 0 Å². The van der Waals surface area contributed by atoms with Crippen molar-refractivity contribution < 1.29 is 9.21 Å². The van der Waals surface area contributed by atoms with Gasteiger partial charge in [0, 0.05) is 22.2 Å². The molecule has 0 unspecified atom stereocenters. The molecule has 2 rings (SSSR count). The summed E-state index contributed by atoms with van der Waals surface area (Å²) in [7, 11) is 0. The van der Waals surface area contributed by atoms with Crippen molar-refractivity contribution in [1.82, 2.24) is 5.32 Å². The SMILES string of the molecule is CSCc1c(C(=O)NC(C)(C)C)oc2ccccc12. The molecule has 0 saturated heterocycles. The molecule has 3 nitrogen and oxygen atoms in total. The summed E-state index contributed by atoms with van der Waals surface area (Å²) in [6.45, 7) is 5.88. The number of para-hydroxylation sites is 1. The van der Waals surface area contributed by atoms with Gasteiger partial charge in [0.2, 0.25) is 0 Å². The van der Waals surface area contributed by atoms with E-state index in [4.69, 9.17) is 4.42 Å². The van der Waals surface area contributed by atoms with Crippen LogP contribution >= 0.6 is 11.8 Å². The van der Waals surface area contributed by atoms with Gasteiger partial charge in [-0.15, -0.1) is 0 Å². The van der Waals surface area contributed by atoms with E-state index in [1.54, 1.807) is 11.8 Å². The van der Waals surface area contributed by atoms with E-state index < -0.39 is 0 Å². The summed E-state index contributed by atoms with van der Waals surface area (Å²) in [5.74, 6) is 1.06. The van der Waals surface area contributed by atoms with Crippen LogP contribution in [0.2, 0.25) is 0 Å². The van der Waals surface area contributed by atoms with Crippen molar-refractivity contribution in [2.75, 3.05) is 6.26 Å².